The predicted octanol–water partition coefficient (Wildman–Crippen LogP) is 5.29. The summed E-state index contributed by atoms with van der Waals surface area (Å²) >= 11 is 0. The van der Waals surface area contributed by atoms with Crippen molar-refractivity contribution in [2.75, 3.05) is 53.0 Å². The van der Waals surface area contributed by atoms with Crippen LogP contribution in [0.1, 0.15) is 18.1 Å². The molecule has 0 aliphatic carbocycles. The van der Waals surface area contributed by atoms with Gasteiger partial charge in [0.1, 0.15) is 61.1 Å². The monoisotopic (exact) mass is 558 g/mol. The van der Waals surface area contributed by atoms with E-state index in [1.165, 1.54) is 0 Å². The summed E-state index contributed by atoms with van der Waals surface area (Å²) in [5.74, 6) is 3.20. The Hall–Kier alpha value is -3.56. The van der Waals surface area contributed by atoms with E-state index in [4.69, 9.17) is 37.9 Å². The molecule has 0 bridgehead atoms. The molecule has 3 heterocycles. The van der Waals surface area contributed by atoms with Gasteiger partial charge < -0.3 is 37.9 Å². The molecule has 0 saturated carbocycles. The first-order valence-electron chi connectivity index (χ1n) is 14.3. The Morgan fingerprint density at radius 2 is 1.07 bits per heavy atom. The standard InChI is InChI=1S/C33H34O8/c1-2-34-20-41-24-8-4-22-6-10-33(40-19-27-17-38-27)31(29(22)12-24)13-30-28-11-23(35-14-25-15-36-25)7-3-21(28)5-9-32(30)39-18-26-16-37-26/h3-12,25-27H,2,13-20H2,1H3. The van der Waals surface area contributed by atoms with Crippen LogP contribution >= 0.6 is 0 Å². The first-order chi connectivity index (χ1) is 20.2. The maximum atomic E-state index is 6.35. The average molecular weight is 559 g/mol. The number of benzene rings is 4. The molecule has 0 aromatic heterocycles. The second-order valence-electron chi connectivity index (χ2n) is 10.6. The van der Waals surface area contributed by atoms with Crippen LogP contribution in [-0.2, 0) is 25.4 Å². The van der Waals surface area contributed by atoms with Crippen molar-refractivity contribution in [2.45, 2.75) is 31.7 Å². The molecular formula is C33H34O8. The summed E-state index contributed by atoms with van der Waals surface area (Å²) in [5.41, 5.74) is 2.12. The molecule has 3 unspecified atom stereocenters. The number of rotatable bonds is 15. The minimum atomic E-state index is 0.143. The van der Waals surface area contributed by atoms with E-state index in [0.29, 0.717) is 32.8 Å². The van der Waals surface area contributed by atoms with Gasteiger partial charge in [-0.05, 0) is 64.9 Å². The van der Waals surface area contributed by atoms with Gasteiger partial charge in [0, 0.05) is 24.2 Å². The first kappa shape index (κ1) is 26.3. The van der Waals surface area contributed by atoms with Gasteiger partial charge in [0.15, 0.2) is 6.79 Å². The summed E-state index contributed by atoms with van der Waals surface area (Å²) in [4.78, 5) is 0. The van der Waals surface area contributed by atoms with Gasteiger partial charge in [-0.15, -0.1) is 0 Å². The maximum absolute atomic E-state index is 6.35. The lowest BCUT2D eigenvalue weighted by Gasteiger charge is -2.19. The van der Waals surface area contributed by atoms with Gasteiger partial charge in [-0.2, -0.15) is 0 Å². The highest BCUT2D eigenvalue weighted by Gasteiger charge is 2.26. The van der Waals surface area contributed by atoms with E-state index in [0.717, 1.165) is 75.5 Å². The third-order valence-electron chi connectivity index (χ3n) is 7.48. The molecule has 3 saturated heterocycles. The highest BCUT2D eigenvalue weighted by molar-refractivity contribution is 5.93. The Morgan fingerprint density at radius 1 is 0.610 bits per heavy atom. The Kier molecular flexibility index (Phi) is 7.54. The average Bonchev–Trinajstić information content (AvgIpc) is 3.85. The van der Waals surface area contributed by atoms with E-state index >= 15 is 0 Å². The van der Waals surface area contributed by atoms with Crippen LogP contribution in [0.4, 0.5) is 0 Å². The van der Waals surface area contributed by atoms with Gasteiger partial charge in [-0.25, -0.2) is 0 Å². The van der Waals surface area contributed by atoms with Gasteiger partial charge in [0.05, 0.1) is 19.8 Å². The summed E-state index contributed by atoms with van der Waals surface area (Å²) in [5, 5.41) is 4.34. The lowest BCUT2D eigenvalue weighted by atomic mass is 9.93. The number of hydrogen-bond donors (Lipinski definition) is 0. The van der Waals surface area contributed by atoms with Crippen LogP contribution < -0.4 is 18.9 Å². The van der Waals surface area contributed by atoms with Crippen molar-refractivity contribution in [3.8, 4) is 23.0 Å². The Morgan fingerprint density at radius 3 is 1.56 bits per heavy atom. The molecule has 41 heavy (non-hydrogen) atoms. The molecule has 4 aromatic carbocycles. The maximum Gasteiger partial charge on any atom is 0.189 e. The molecule has 0 N–H and O–H groups in total. The van der Waals surface area contributed by atoms with Crippen LogP contribution in [0.2, 0.25) is 0 Å². The van der Waals surface area contributed by atoms with Gasteiger partial charge in [0.2, 0.25) is 0 Å². The molecule has 0 amide bonds. The molecule has 3 fully saturated rings. The normalized spacial score (nSPS) is 20.7. The highest BCUT2D eigenvalue weighted by Crippen LogP contribution is 2.39. The van der Waals surface area contributed by atoms with E-state index < -0.39 is 0 Å². The summed E-state index contributed by atoms with van der Waals surface area (Å²) in [7, 11) is 0. The molecule has 0 radical (unpaired) electrons. The molecule has 8 nitrogen and oxygen atoms in total. The van der Waals surface area contributed by atoms with Gasteiger partial charge >= 0.3 is 0 Å². The van der Waals surface area contributed by atoms with Gasteiger partial charge in [0.25, 0.3) is 0 Å². The minimum Gasteiger partial charge on any atom is -0.491 e. The summed E-state index contributed by atoms with van der Waals surface area (Å²) < 4.78 is 46.3. The van der Waals surface area contributed by atoms with E-state index in [9.17, 15) is 0 Å². The molecule has 8 heteroatoms. The molecule has 3 atom stereocenters. The molecule has 214 valence electrons. The zero-order valence-corrected chi connectivity index (χ0v) is 23.1. The summed E-state index contributed by atoms with van der Waals surface area (Å²) in [6.45, 7) is 6.54. The summed E-state index contributed by atoms with van der Waals surface area (Å²) in [6, 6.07) is 20.6. The number of fused-ring (bicyclic) bond motifs is 2. The molecule has 0 spiro atoms. The van der Waals surface area contributed by atoms with Crippen molar-refractivity contribution in [2.24, 2.45) is 0 Å². The second-order valence-corrected chi connectivity index (χ2v) is 10.6. The van der Waals surface area contributed by atoms with Gasteiger partial charge in [-0.3, -0.25) is 0 Å². The molecule has 4 aromatic rings. The fraction of sp³-hybridized carbons (Fsp3) is 0.394. The molecule has 7 rings (SSSR count). The fourth-order valence-electron chi connectivity index (χ4n) is 4.91. The van der Waals surface area contributed by atoms with Crippen LogP contribution in [0.5, 0.6) is 23.0 Å². The third kappa shape index (κ3) is 6.52. The highest BCUT2D eigenvalue weighted by atomic mass is 16.7. The number of epoxide rings is 3. The Bertz CT molecular complexity index is 1520. The predicted molar refractivity (Wildman–Crippen MR) is 154 cm³/mol. The minimum absolute atomic E-state index is 0.143. The second kappa shape index (κ2) is 11.7. The lowest BCUT2D eigenvalue weighted by molar-refractivity contribution is 0.0225. The number of ether oxygens (including phenoxy) is 8. The zero-order chi connectivity index (χ0) is 27.6. The van der Waals surface area contributed by atoms with Crippen molar-refractivity contribution in [3.63, 3.8) is 0 Å². The van der Waals surface area contributed by atoms with Crippen molar-refractivity contribution >= 4 is 21.5 Å². The number of hydrogen-bond acceptors (Lipinski definition) is 8. The Balaban J connectivity index is 1.30. The van der Waals surface area contributed by atoms with Crippen LogP contribution in [0, 0.1) is 0 Å². The first-order valence-corrected chi connectivity index (χ1v) is 14.3. The van der Waals surface area contributed by atoms with Crippen LogP contribution in [0.15, 0.2) is 60.7 Å². The third-order valence-corrected chi connectivity index (χ3v) is 7.48. The smallest absolute Gasteiger partial charge is 0.189 e. The van der Waals surface area contributed by atoms with Crippen LogP contribution in [-0.4, -0.2) is 71.4 Å². The zero-order valence-electron chi connectivity index (χ0n) is 23.1. The molecular weight excluding hydrogens is 524 g/mol. The summed E-state index contributed by atoms with van der Waals surface area (Å²) in [6.07, 6.45) is 1.06. The van der Waals surface area contributed by atoms with E-state index in [-0.39, 0.29) is 25.1 Å². The SMILES string of the molecule is CCOCOc1ccc2ccc(OCC3CO3)c(Cc3c(OCC4CO4)ccc4ccc(OCC5CO5)cc34)c2c1. The van der Waals surface area contributed by atoms with E-state index in [1.54, 1.807) is 0 Å². The largest absolute Gasteiger partial charge is 0.491 e. The van der Waals surface area contributed by atoms with Crippen molar-refractivity contribution in [1.82, 2.24) is 0 Å². The topological polar surface area (TPSA) is 83.7 Å². The molecule has 3 aliphatic rings. The van der Waals surface area contributed by atoms with Crippen molar-refractivity contribution < 1.29 is 37.9 Å². The van der Waals surface area contributed by atoms with Crippen LogP contribution in [0.25, 0.3) is 21.5 Å². The van der Waals surface area contributed by atoms with Crippen molar-refractivity contribution in [3.05, 3.63) is 71.8 Å². The quantitative estimate of drug-likeness (QED) is 0.111. The Labute approximate surface area is 238 Å². The van der Waals surface area contributed by atoms with Crippen molar-refractivity contribution in [1.29, 1.82) is 0 Å². The van der Waals surface area contributed by atoms with Gasteiger partial charge in [-0.1, -0.05) is 24.3 Å². The lowest BCUT2D eigenvalue weighted by Crippen LogP contribution is -2.09. The van der Waals surface area contributed by atoms with E-state index in [1.807, 2.05) is 19.1 Å². The fourth-order valence-corrected chi connectivity index (χ4v) is 4.91. The molecule has 3 aliphatic heterocycles. The van der Waals surface area contributed by atoms with E-state index in [2.05, 4.69) is 48.5 Å². The van der Waals surface area contributed by atoms with Crippen LogP contribution in [0.3, 0.4) is 0 Å².